The second kappa shape index (κ2) is 20.1. The van der Waals surface area contributed by atoms with Gasteiger partial charge in [-0.05, 0) is 92.5 Å². The number of aliphatic hydroxyl groups excluding tert-OH is 2. The largest absolute Gasteiger partial charge is 0.493 e. The average Bonchev–Trinajstić information content (AvgIpc) is 3.27. The summed E-state index contributed by atoms with van der Waals surface area (Å²) in [6, 6.07) is 24.1. The topological polar surface area (TPSA) is 140 Å². The normalized spacial score (nSPS) is 24.1. The number of thioether (sulfide) groups is 1. The van der Waals surface area contributed by atoms with Crippen molar-refractivity contribution in [2.75, 3.05) is 45.8 Å². The number of rotatable bonds is 21. The molecule has 0 radical (unpaired) electrons. The van der Waals surface area contributed by atoms with Crippen molar-refractivity contribution < 1.29 is 37.7 Å². The first kappa shape index (κ1) is 43.8. The van der Waals surface area contributed by atoms with E-state index in [1.54, 1.807) is 49.3 Å². The van der Waals surface area contributed by atoms with E-state index in [0.717, 1.165) is 42.6 Å². The summed E-state index contributed by atoms with van der Waals surface area (Å²) >= 11 is 1.73. The second-order valence-electron chi connectivity index (χ2n) is 15.6. The van der Waals surface area contributed by atoms with Crippen LogP contribution in [-0.4, -0.2) is 91.3 Å². The molecular formula is C47H57N3O8S2. The molecule has 7 rings (SSSR count). The number of sulfonamides is 1. The van der Waals surface area contributed by atoms with Gasteiger partial charge in [0.2, 0.25) is 15.8 Å². The standard InChI is InChI=1S/C47H57N3O8S2/c1-4-27-56-47-43(50(3)60(53,54)42-21-13-16-33-17-14-24-48-46(33)42)32-40(49-57-5-2)38-30-34(15-9-11-25-51)37(20-10-12-26-52)44(45(38)47)39-31-35(22-23-41(39)58-47)55-28-29-59-36-18-7-6-8-19-36/h4,6-8,13-14,16-19,21-24,30-31,34,37,43-45,51-52H,1,5,9-12,15,20,25-29,32H2,2-3H3/t34-,37+,43-,44+,45+,47+/m0/s1. The van der Waals surface area contributed by atoms with E-state index in [4.69, 9.17) is 24.2 Å². The zero-order valence-electron chi connectivity index (χ0n) is 34.5. The van der Waals surface area contributed by atoms with Gasteiger partial charge < -0.3 is 29.3 Å². The Balaban J connectivity index is 1.38. The first-order valence-electron chi connectivity index (χ1n) is 21.1. The van der Waals surface area contributed by atoms with Gasteiger partial charge in [-0.25, -0.2) is 8.42 Å². The van der Waals surface area contributed by atoms with Crippen LogP contribution in [0.1, 0.15) is 63.4 Å². The van der Waals surface area contributed by atoms with E-state index in [1.165, 1.54) is 9.20 Å². The van der Waals surface area contributed by atoms with Crippen molar-refractivity contribution in [3.05, 3.63) is 115 Å². The van der Waals surface area contributed by atoms with Crippen LogP contribution >= 0.6 is 11.8 Å². The number of aromatic nitrogens is 1. The highest BCUT2D eigenvalue weighted by atomic mass is 32.2. The number of hydrogen-bond acceptors (Lipinski definition) is 11. The number of aliphatic hydroxyl groups is 2. The SMILES string of the molecule is C=CCO[C@@]12Oc3ccc(OCCSc4ccccc4)cc3[C@H]3[C@H](CCCCO)[C@@H](CCCCO)C=C(C(=NOCC)C[C@@H]1N(C)S(=O)(=O)c1cccc4cccnc14)[C@H]32. The summed E-state index contributed by atoms with van der Waals surface area (Å²) in [4.78, 5) is 11.6. The Morgan fingerprint density at radius 1 is 1.02 bits per heavy atom. The molecule has 0 amide bonds. The van der Waals surface area contributed by atoms with Crippen molar-refractivity contribution in [3.8, 4) is 11.5 Å². The maximum atomic E-state index is 15.1. The number of likely N-dealkylation sites (N-methyl/N-ethyl adjacent to an activating group) is 1. The maximum absolute atomic E-state index is 15.1. The molecule has 13 heteroatoms. The van der Waals surface area contributed by atoms with E-state index in [-0.39, 0.29) is 48.9 Å². The molecule has 1 saturated carbocycles. The zero-order valence-corrected chi connectivity index (χ0v) is 36.2. The Hall–Kier alpha value is -4.24. The Morgan fingerprint density at radius 2 is 1.80 bits per heavy atom. The van der Waals surface area contributed by atoms with Gasteiger partial charge in [0, 0.05) is 60.4 Å². The number of ether oxygens (including phenoxy) is 3. The number of nitrogens with zero attached hydrogens (tertiary/aromatic N) is 3. The molecular weight excluding hydrogens is 799 g/mol. The molecule has 3 aromatic carbocycles. The van der Waals surface area contributed by atoms with Crippen LogP contribution in [0, 0.1) is 17.8 Å². The van der Waals surface area contributed by atoms with Crippen LogP contribution in [0.15, 0.2) is 124 Å². The third kappa shape index (κ3) is 9.03. The minimum atomic E-state index is -4.22. The Kier molecular flexibility index (Phi) is 14.7. The van der Waals surface area contributed by atoms with Crippen LogP contribution in [0.25, 0.3) is 10.9 Å². The van der Waals surface area contributed by atoms with Gasteiger partial charge in [-0.1, -0.05) is 66.5 Å². The van der Waals surface area contributed by atoms with Crippen molar-refractivity contribution in [2.45, 2.75) is 79.4 Å². The average molecular weight is 856 g/mol. The molecule has 11 nitrogen and oxygen atoms in total. The van der Waals surface area contributed by atoms with E-state index in [9.17, 15) is 10.2 Å². The van der Waals surface area contributed by atoms with Gasteiger partial charge in [-0.2, -0.15) is 4.31 Å². The summed E-state index contributed by atoms with van der Waals surface area (Å²) in [5.74, 6) is -0.0909. The Morgan fingerprint density at radius 3 is 2.57 bits per heavy atom. The van der Waals surface area contributed by atoms with Gasteiger partial charge in [0.25, 0.3) is 0 Å². The molecule has 0 bridgehead atoms. The monoisotopic (exact) mass is 855 g/mol. The smallest absolute Gasteiger partial charge is 0.245 e. The minimum Gasteiger partial charge on any atom is -0.493 e. The van der Waals surface area contributed by atoms with E-state index in [0.29, 0.717) is 54.2 Å². The van der Waals surface area contributed by atoms with Gasteiger partial charge in [-0.15, -0.1) is 18.3 Å². The molecule has 2 N–H and O–H groups in total. The fourth-order valence-electron chi connectivity index (χ4n) is 9.38. The number of fused-ring (bicyclic) bond motifs is 3. The second-order valence-corrected chi connectivity index (χ2v) is 18.7. The van der Waals surface area contributed by atoms with Gasteiger partial charge in [0.05, 0.1) is 36.4 Å². The van der Waals surface area contributed by atoms with Crippen molar-refractivity contribution in [2.24, 2.45) is 22.9 Å². The van der Waals surface area contributed by atoms with Crippen LogP contribution in [0.5, 0.6) is 11.5 Å². The summed E-state index contributed by atoms with van der Waals surface area (Å²) in [6.07, 6.45) is 10.3. The number of benzene rings is 3. The lowest BCUT2D eigenvalue weighted by atomic mass is 9.55. The predicted octanol–water partition coefficient (Wildman–Crippen LogP) is 8.38. The number of unbranched alkanes of at least 4 members (excludes halogenated alkanes) is 2. The molecule has 1 aromatic heterocycles. The lowest BCUT2D eigenvalue weighted by Crippen LogP contribution is -2.69. The predicted molar refractivity (Wildman–Crippen MR) is 236 cm³/mol. The summed E-state index contributed by atoms with van der Waals surface area (Å²) in [7, 11) is -2.64. The third-order valence-electron chi connectivity index (χ3n) is 12.0. The van der Waals surface area contributed by atoms with Crippen molar-refractivity contribution in [1.82, 2.24) is 9.29 Å². The quantitative estimate of drug-likeness (QED) is 0.0364. The zero-order chi connectivity index (χ0) is 42.1. The Bertz CT molecular complexity index is 2250. The molecule has 1 aliphatic heterocycles. The fraction of sp³-hybridized carbons (Fsp3) is 0.447. The summed E-state index contributed by atoms with van der Waals surface area (Å²) in [5.41, 5.74) is 2.89. The lowest BCUT2D eigenvalue weighted by molar-refractivity contribution is -0.250. The van der Waals surface area contributed by atoms with Crippen molar-refractivity contribution in [1.29, 1.82) is 0 Å². The van der Waals surface area contributed by atoms with Crippen molar-refractivity contribution in [3.63, 3.8) is 0 Å². The van der Waals surface area contributed by atoms with Crippen LogP contribution < -0.4 is 9.47 Å². The molecule has 6 atom stereocenters. The number of para-hydroxylation sites is 1. The van der Waals surface area contributed by atoms with Crippen LogP contribution in [0.4, 0.5) is 0 Å². The molecule has 2 heterocycles. The van der Waals surface area contributed by atoms with E-state index >= 15 is 8.42 Å². The van der Waals surface area contributed by atoms with Crippen molar-refractivity contribution >= 4 is 38.4 Å². The molecule has 0 unspecified atom stereocenters. The van der Waals surface area contributed by atoms with Crippen LogP contribution in [0.3, 0.4) is 0 Å². The van der Waals surface area contributed by atoms with Crippen LogP contribution in [0.2, 0.25) is 0 Å². The maximum Gasteiger partial charge on any atom is 0.245 e. The first-order chi connectivity index (χ1) is 29.3. The minimum absolute atomic E-state index is 0.0403. The van der Waals surface area contributed by atoms with E-state index < -0.39 is 27.8 Å². The van der Waals surface area contributed by atoms with Gasteiger partial charge in [0.1, 0.15) is 23.0 Å². The summed E-state index contributed by atoms with van der Waals surface area (Å²) < 4.78 is 52.1. The highest BCUT2D eigenvalue weighted by molar-refractivity contribution is 7.99. The number of allylic oxidation sites excluding steroid dienone is 1. The molecule has 3 aliphatic rings. The molecule has 0 saturated heterocycles. The van der Waals surface area contributed by atoms with Gasteiger partial charge in [0.15, 0.2) is 0 Å². The van der Waals surface area contributed by atoms with Crippen LogP contribution in [-0.2, 0) is 19.6 Å². The summed E-state index contributed by atoms with van der Waals surface area (Å²) in [6.45, 7) is 6.98. The molecule has 1 fully saturated rings. The molecule has 0 spiro atoms. The number of oxime groups is 1. The molecule has 60 heavy (non-hydrogen) atoms. The third-order valence-corrected chi connectivity index (χ3v) is 14.9. The van der Waals surface area contributed by atoms with Gasteiger partial charge in [-0.3, -0.25) is 4.98 Å². The first-order valence-corrected chi connectivity index (χ1v) is 23.5. The number of pyridine rings is 1. The summed E-state index contributed by atoms with van der Waals surface area (Å²) in [5, 5.41) is 25.2. The van der Waals surface area contributed by atoms with E-state index in [2.05, 4.69) is 35.8 Å². The molecule has 2 aliphatic carbocycles. The number of hydrogen-bond donors (Lipinski definition) is 2. The molecule has 320 valence electrons. The molecule has 4 aromatic rings. The Labute approximate surface area is 358 Å². The highest BCUT2D eigenvalue weighted by Crippen LogP contribution is 2.62. The van der Waals surface area contributed by atoms with E-state index in [1.807, 2.05) is 49.4 Å². The lowest BCUT2D eigenvalue weighted by Gasteiger charge is -2.59. The highest BCUT2D eigenvalue weighted by Gasteiger charge is 2.65. The fourth-order valence-corrected chi connectivity index (χ4v) is 11.7. The van der Waals surface area contributed by atoms with Gasteiger partial charge >= 0.3 is 0 Å².